The van der Waals surface area contributed by atoms with Crippen molar-refractivity contribution < 1.29 is 26.3 Å². The molecule has 158 valence electrons. The predicted molar refractivity (Wildman–Crippen MR) is 101 cm³/mol. The summed E-state index contributed by atoms with van der Waals surface area (Å²) >= 11 is 6.06. The predicted octanol–water partition coefficient (Wildman–Crippen LogP) is 6.53. The summed E-state index contributed by atoms with van der Waals surface area (Å²) in [6.45, 7) is 0. The molecule has 0 aliphatic heterocycles. The fourth-order valence-electron chi connectivity index (χ4n) is 2.80. The standard InChI is InChI=1S/C20H14ClF6N3/c1-30(17-9-14(20(25,26)27)5-6-16(17)21)18-10-15(28-11-29-18)8-12-3-2-4-13(7-12)19(22,23)24/h2-7,9-11H,8H2,1H3. The van der Waals surface area contributed by atoms with E-state index in [0.29, 0.717) is 11.3 Å². The number of aromatic nitrogens is 2. The first-order valence-corrected chi connectivity index (χ1v) is 8.90. The van der Waals surface area contributed by atoms with E-state index < -0.39 is 23.5 Å². The van der Waals surface area contributed by atoms with Gasteiger partial charge in [0, 0.05) is 19.5 Å². The topological polar surface area (TPSA) is 29.0 Å². The fourth-order valence-corrected chi connectivity index (χ4v) is 3.05. The molecule has 0 unspecified atom stereocenters. The highest BCUT2D eigenvalue weighted by atomic mass is 35.5. The number of hydrogen-bond acceptors (Lipinski definition) is 3. The van der Waals surface area contributed by atoms with Gasteiger partial charge in [-0.05, 0) is 29.8 Å². The lowest BCUT2D eigenvalue weighted by Crippen LogP contribution is -2.14. The van der Waals surface area contributed by atoms with Crippen molar-refractivity contribution in [2.24, 2.45) is 0 Å². The van der Waals surface area contributed by atoms with Gasteiger partial charge in [-0.2, -0.15) is 26.3 Å². The maximum Gasteiger partial charge on any atom is 0.416 e. The average Bonchev–Trinajstić information content (AvgIpc) is 2.67. The number of halogens is 7. The molecule has 0 atom stereocenters. The van der Waals surface area contributed by atoms with Crippen LogP contribution in [0.15, 0.2) is 54.9 Å². The van der Waals surface area contributed by atoms with Gasteiger partial charge in [0.2, 0.25) is 0 Å². The summed E-state index contributed by atoms with van der Waals surface area (Å²) in [7, 11) is 1.48. The normalized spacial score (nSPS) is 12.1. The fraction of sp³-hybridized carbons (Fsp3) is 0.200. The molecule has 0 N–H and O–H groups in total. The SMILES string of the molecule is CN(c1cc(Cc2cccc(C(F)(F)F)c2)ncn1)c1cc(C(F)(F)F)ccc1Cl. The Morgan fingerprint density at radius 3 is 2.20 bits per heavy atom. The Bertz CT molecular complexity index is 1050. The van der Waals surface area contributed by atoms with Gasteiger partial charge in [0.05, 0.1) is 27.5 Å². The Kier molecular flexibility index (Phi) is 5.94. The summed E-state index contributed by atoms with van der Waals surface area (Å²) in [4.78, 5) is 9.45. The number of hydrogen-bond donors (Lipinski definition) is 0. The lowest BCUT2D eigenvalue weighted by atomic mass is 10.1. The molecule has 0 spiro atoms. The van der Waals surface area contributed by atoms with Gasteiger partial charge in [-0.3, -0.25) is 0 Å². The quantitative estimate of drug-likeness (QED) is 0.428. The summed E-state index contributed by atoms with van der Waals surface area (Å²) in [5, 5.41) is 0.0866. The Morgan fingerprint density at radius 2 is 1.53 bits per heavy atom. The Hall–Kier alpha value is -2.81. The molecule has 30 heavy (non-hydrogen) atoms. The van der Waals surface area contributed by atoms with Crippen molar-refractivity contribution in [3.63, 3.8) is 0 Å². The van der Waals surface area contributed by atoms with Crippen molar-refractivity contribution in [1.82, 2.24) is 9.97 Å². The molecule has 0 saturated carbocycles. The Labute approximate surface area is 173 Å². The zero-order valence-corrected chi connectivity index (χ0v) is 16.1. The van der Waals surface area contributed by atoms with E-state index in [4.69, 9.17) is 11.6 Å². The summed E-state index contributed by atoms with van der Waals surface area (Å²) in [5.41, 5.74) is -0.784. The molecular weight excluding hydrogens is 432 g/mol. The molecule has 3 nitrogen and oxygen atoms in total. The first-order valence-electron chi connectivity index (χ1n) is 8.52. The van der Waals surface area contributed by atoms with Crippen molar-refractivity contribution in [2.75, 3.05) is 11.9 Å². The average molecular weight is 446 g/mol. The maximum atomic E-state index is 13.0. The minimum atomic E-state index is -4.54. The van der Waals surface area contributed by atoms with Crippen LogP contribution < -0.4 is 4.90 Å². The molecule has 0 aliphatic rings. The summed E-state index contributed by atoms with van der Waals surface area (Å²) in [5.74, 6) is 0.244. The molecular formula is C20H14ClF6N3. The van der Waals surface area contributed by atoms with Gasteiger partial charge in [0.1, 0.15) is 12.1 Å². The largest absolute Gasteiger partial charge is 0.416 e. The Balaban J connectivity index is 1.89. The van der Waals surface area contributed by atoms with Crippen LogP contribution in [0.2, 0.25) is 5.02 Å². The van der Waals surface area contributed by atoms with Gasteiger partial charge in [-0.1, -0.05) is 29.8 Å². The summed E-state index contributed by atoms with van der Waals surface area (Å²) < 4.78 is 77.7. The van der Waals surface area contributed by atoms with Crippen molar-refractivity contribution >= 4 is 23.1 Å². The molecule has 0 amide bonds. The van der Waals surface area contributed by atoms with Crippen molar-refractivity contribution in [3.05, 3.63) is 82.3 Å². The van der Waals surface area contributed by atoms with Crippen molar-refractivity contribution in [3.8, 4) is 0 Å². The van der Waals surface area contributed by atoms with Crippen LogP contribution in [0.4, 0.5) is 37.8 Å². The molecule has 1 aromatic heterocycles. The van der Waals surface area contributed by atoms with E-state index in [9.17, 15) is 26.3 Å². The van der Waals surface area contributed by atoms with E-state index in [2.05, 4.69) is 9.97 Å². The summed E-state index contributed by atoms with van der Waals surface area (Å²) in [6.07, 6.45) is -7.73. The van der Waals surface area contributed by atoms with Gasteiger partial charge in [0.25, 0.3) is 0 Å². The monoisotopic (exact) mass is 445 g/mol. The second-order valence-corrected chi connectivity index (χ2v) is 6.87. The van der Waals surface area contributed by atoms with Gasteiger partial charge in [0.15, 0.2) is 0 Å². The van der Waals surface area contributed by atoms with Crippen LogP contribution in [0.1, 0.15) is 22.4 Å². The molecule has 3 rings (SSSR count). The second-order valence-electron chi connectivity index (χ2n) is 6.47. The molecule has 10 heteroatoms. The minimum absolute atomic E-state index is 0.0789. The third kappa shape index (κ3) is 5.02. The van der Waals surface area contributed by atoms with Crippen LogP contribution in [0.5, 0.6) is 0 Å². The first-order chi connectivity index (χ1) is 13.9. The first kappa shape index (κ1) is 21.9. The molecule has 0 radical (unpaired) electrons. The van der Waals surface area contributed by atoms with Gasteiger partial charge < -0.3 is 4.90 Å². The number of anilines is 2. The molecule has 0 bridgehead atoms. The van der Waals surface area contributed by atoms with Crippen molar-refractivity contribution in [2.45, 2.75) is 18.8 Å². The van der Waals surface area contributed by atoms with Crippen LogP contribution in [-0.4, -0.2) is 17.0 Å². The van der Waals surface area contributed by atoms with Crippen LogP contribution in [0, 0.1) is 0 Å². The zero-order valence-electron chi connectivity index (χ0n) is 15.4. The van der Waals surface area contributed by atoms with E-state index in [1.165, 1.54) is 36.5 Å². The van der Waals surface area contributed by atoms with Crippen LogP contribution >= 0.6 is 11.6 Å². The number of alkyl halides is 6. The van der Waals surface area contributed by atoms with Gasteiger partial charge in [-0.15, -0.1) is 0 Å². The number of nitrogens with zero attached hydrogens (tertiary/aromatic N) is 3. The van der Waals surface area contributed by atoms with Crippen LogP contribution in [0.25, 0.3) is 0 Å². The van der Waals surface area contributed by atoms with E-state index in [1.54, 1.807) is 0 Å². The molecule has 0 aliphatic carbocycles. The molecule has 2 aromatic carbocycles. The molecule has 0 fully saturated rings. The number of rotatable bonds is 4. The lowest BCUT2D eigenvalue weighted by Gasteiger charge is -2.21. The smallest absolute Gasteiger partial charge is 0.328 e. The highest BCUT2D eigenvalue weighted by molar-refractivity contribution is 6.33. The lowest BCUT2D eigenvalue weighted by molar-refractivity contribution is -0.138. The van der Waals surface area contributed by atoms with Crippen molar-refractivity contribution in [1.29, 1.82) is 0 Å². The van der Waals surface area contributed by atoms with Gasteiger partial charge in [-0.25, -0.2) is 9.97 Å². The summed E-state index contributed by atoms with van der Waals surface area (Å²) in [6, 6.07) is 9.22. The molecule has 1 heterocycles. The maximum absolute atomic E-state index is 13.0. The highest BCUT2D eigenvalue weighted by Gasteiger charge is 2.32. The van der Waals surface area contributed by atoms with E-state index >= 15 is 0 Å². The highest BCUT2D eigenvalue weighted by Crippen LogP contribution is 2.37. The van der Waals surface area contributed by atoms with Crippen LogP contribution in [0.3, 0.4) is 0 Å². The molecule has 0 saturated heterocycles. The third-order valence-electron chi connectivity index (χ3n) is 4.33. The molecule has 3 aromatic rings. The van der Waals surface area contributed by atoms with Gasteiger partial charge >= 0.3 is 12.4 Å². The van der Waals surface area contributed by atoms with Crippen LogP contribution in [-0.2, 0) is 18.8 Å². The second kappa shape index (κ2) is 8.14. The van der Waals surface area contributed by atoms with E-state index in [0.717, 1.165) is 30.3 Å². The zero-order chi connectivity index (χ0) is 22.1. The minimum Gasteiger partial charge on any atom is -0.328 e. The third-order valence-corrected chi connectivity index (χ3v) is 4.65. The Morgan fingerprint density at radius 1 is 0.867 bits per heavy atom. The van der Waals surface area contributed by atoms with E-state index in [1.807, 2.05) is 0 Å². The number of benzene rings is 2. The van der Waals surface area contributed by atoms with E-state index in [-0.39, 0.29) is 22.9 Å².